The van der Waals surface area contributed by atoms with E-state index < -0.39 is 0 Å². The van der Waals surface area contributed by atoms with E-state index in [9.17, 15) is 0 Å². The lowest BCUT2D eigenvalue weighted by Crippen LogP contribution is -2.49. The quantitative estimate of drug-likeness (QED) is 0.751. The molecular formula is C12H23NO. The summed E-state index contributed by atoms with van der Waals surface area (Å²) in [6, 6.07) is 0. The maximum atomic E-state index is 6.47. The number of rotatable bonds is 4. The second-order valence-corrected chi connectivity index (χ2v) is 5.15. The van der Waals surface area contributed by atoms with Crippen molar-refractivity contribution in [2.45, 2.75) is 70.1 Å². The highest BCUT2D eigenvalue weighted by Gasteiger charge is 2.50. The van der Waals surface area contributed by atoms with Crippen molar-refractivity contribution >= 4 is 0 Å². The Bertz CT molecular complexity index is 202. The molecule has 2 aliphatic heterocycles. The van der Waals surface area contributed by atoms with Crippen LogP contribution in [0, 0.1) is 5.92 Å². The normalized spacial score (nSPS) is 41.1. The number of nitrogens with two attached hydrogens (primary N) is 1. The topological polar surface area (TPSA) is 35.2 Å². The van der Waals surface area contributed by atoms with Crippen molar-refractivity contribution in [3.63, 3.8) is 0 Å². The fourth-order valence-electron chi connectivity index (χ4n) is 3.16. The lowest BCUT2D eigenvalue weighted by atomic mass is 9.75. The Kier molecular flexibility index (Phi) is 2.85. The average molecular weight is 197 g/mol. The Morgan fingerprint density at radius 3 is 2.50 bits per heavy atom. The van der Waals surface area contributed by atoms with Crippen molar-refractivity contribution in [3.8, 4) is 0 Å². The number of hydrogen-bond acceptors (Lipinski definition) is 2. The SMILES string of the molecule is CCC(CC)CC1(N)CC2CCC1O2. The summed E-state index contributed by atoms with van der Waals surface area (Å²) in [6.07, 6.45) is 8.08. The zero-order chi connectivity index (χ0) is 10.2. The monoisotopic (exact) mass is 197 g/mol. The van der Waals surface area contributed by atoms with Crippen molar-refractivity contribution < 1.29 is 4.74 Å². The minimum Gasteiger partial charge on any atom is -0.373 e. The molecule has 0 aromatic carbocycles. The van der Waals surface area contributed by atoms with E-state index in [1.807, 2.05) is 0 Å². The summed E-state index contributed by atoms with van der Waals surface area (Å²) in [7, 11) is 0. The van der Waals surface area contributed by atoms with Gasteiger partial charge in [-0.05, 0) is 31.6 Å². The Balaban J connectivity index is 1.96. The molecule has 2 heterocycles. The summed E-state index contributed by atoms with van der Waals surface area (Å²) in [4.78, 5) is 0. The molecule has 2 rings (SSSR count). The summed E-state index contributed by atoms with van der Waals surface area (Å²) in [5.74, 6) is 0.794. The van der Waals surface area contributed by atoms with Gasteiger partial charge in [0.15, 0.2) is 0 Å². The highest BCUT2D eigenvalue weighted by molar-refractivity contribution is 5.05. The molecule has 2 heteroatoms. The third-order valence-electron chi connectivity index (χ3n) is 4.18. The van der Waals surface area contributed by atoms with Crippen LogP contribution in [-0.4, -0.2) is 17.7 Å². The molecule has 14 heavy (non-hydrogen) atoms. The molecule has 0 aliphatic carbocycles. The molecule has 2 bridgehead atoms. The standard InChI is InChI=1S/C12H23NO/c1-3-9(4-2)7-12(13)8-10-5-6-11(12)14-10/h9-11H,3-8,13H2,1-2H3. The minimum absolute atomic E-state index is 0.0135. The van der Waals surface area contributed by atoms with Crippen LogP contribution in [0.2, 0.25) is 0 Å². The predicted octanol–water partition coefficient (Wildman–Crippen LogP) is 2.46. The fraction of sp³-hybridized carbons (Fsp3) is 1.00. The van der Waals surface area contributed by atoms with Crippen LogP contribution in [0.1, 0.15) is 52.4 Å². The summed E-state index contributed by atoms with van der Waals surface area (Å²) in [6.45, 7) is 4.54. The number of hydrogen-bond donors (Lipinski definition) is 1. The Morgan fingerprint density at radius 1 is 1.36 bits per heavy atom. The molecule has 3 atom stereocenters. The summed E-state index contributed by atoms with van der Waals surface area (Å²) in [5.41, 5.74) is 6.48. The summed E-state index contributed by atoms with van der Waals surface area (Å²) < 4.78 is 5.85. The Hall–Kier alpha value is -0.0800. The Morgan fingerprint density at radius 2 is 2.07 bits per heavy atom. The smallest absolute Gasteiger partial charge is 0.0760 e. The molecule has 0 amide bonds. The van der Waals surface area contributed by atoms with E-state index in [0.717, 1.165) is 12.3 Å². The van der Waals surface area contributed by atoms with E-state index in [2.05, 4.69) is 13.8 Å². The van der Waals surface area contributed by atoms with E-state index >= 15 is 0 Å². The highest BCUT2D eigenvalue weighted by Crippen LogP contribution is 2.43. The summed E-state index contributed by atoms with van der Waals surface area (Å²) in [5, 5.41) is 0. The fourth-order valence-corrected chi connectivity index (χ4v) is 3.16. The van der Waals surface area contributed by atoms with Crippen molar-refractivity contribution in [2.24, 2.45) is 11.7 Å². The number of ether oxygens (including phenoxy) is 1. The average Bonchev–Trinajstić information content (AvgIpc) is 2.73. The zero-order valence-electron chi connectivity index (χ0n) is 9.46. The molecular weight excluding hydrogens is 174 g/mol. The van der Waals surface area contributed by atoms with E-state index in [4.69, 9.17) is 10.5 Å². The van der Waals surface area contributed by atoms with Gasteiger partial charge in [0, 0.05) is 5.54 Å². The van der Waals surface area contributed by atoms with Crippen LogP contribution < -0.4 is 5.73 Å². The first-order chi connectivity index (χ1) is 6.68. The van der Waals surface area contributed by atoms with Gasteiger partial charge in [-0.25, -0.2) is 0 Å². The van der Waals surface area contributed by atoms with E-state index in [1.165, 1.54) is 32.1 Å². The third kappa shape index (κ3) is 1.70. The van der Waals surface area contributed by atoms with E-state index in [1.54, 1.807) is 0 Å². The molecule has 0 radical (unpaired) electrons. The molecule has 82 valence electrons. The molecule has 2 fully saturated rings. The molecule has 0 saturated carbocycles. The molecule has 3 unspecified atom stereocenters. The van der Waals surface area contributed by atoms with Crippen LogP contribution in [-0.2, 0) is 4.74 Å². The maximum Gasteiger partial charge on any atom is 0.0760 e. The first-order valence-corrected chi connectivity index (χ1v) is 6.12. The van der Waals surface area contributed by atoms with Gasteiger partial charge in [-0.3, -0.25) is 0 Å². The number of fused-ring (bicyclic) bond motifs is 2. The molecule has 2 nitrogen and oxygen atoms in total. The van der Waals surface area contributed by atoms with Crippen LogP contribution >= 0.6 is 0 Å². The molecule has 2 saturated heterocycles. The van der Waals surface area contributed by atoms with Crippen molar-refractivity contribution in [1.82, 2.24) is 0 Å². The van der Waals surface area contributed by atoms with Gasteiger partial charge in [-0.1, -0.05) is 26.7 Å². The van der Waals surface area contributed by atoms with Gasteiger partial charge in [0.1, 0.15) is 0 Å². The molecule has 0 spiro atoms. The van der Waals surface area contributed by atoms with Crippen molar-refractivity contribution in [1.29, 1.82) is 0 Å². The lowest BCUT2D eigenvalue weighted by Gasteiger charge is -2.34. The second kappa shape index (κ2) is 3.82. The van der Waals surface area contributed by atoms with Gasteiger partial charge in [0.25, 0.3) is 0 Å². The molecule has 0 aromatic rings. The van der Waals surface area contributed by atoms with Crippen LogP contribution in [0.4, 0.5) is 0 Å². The maximum absolute atomic E-state index is 6.47. The largest absolute Gasteiger partial charge is 0.373 e. The minimum atomic E-state index is 0.0135. The van der Waals surface area contributed by atoms with Gasteiger partial charge in [0.05, 0.1) is 12.2 Å². The lowest BCUT2D eigenvalue weighted by molar-refractivity contribution is 0.0792. The molecule has 2 aliphatic rings. The van der Waals surface area contributed by atoms with Gasteiger partial charge in [-0.2, -0.15) is 0 Å². The molecule has 2 N–H and O–H groups in total. The first kappa shape index (κ1) is 10.4. The van der Waals surface area contributed by atoms with Crippen LogP contribution in [0.5, 0.6) is 0 Å². The summed E-state index contributed by atoms with van der Waals surface area (Å²) >= 11 is 0. The van der Waals surface area contributed by atoms with Gasteiger partial charge in [0.2, 0.25) is 0 Å². The third-order valence-corrected chi connectivity index (χ3v) is 4.18. The van der Waals surface area contributed by atoms with Crippen LogP contribution in [0.15, 0.2) is 0 Å². The highest BCUT2D eigenvalue weighted by atomic mass is 16.5. The Labute approximate surface area is 87.2 Å². The van der Waals surface area contributed by atoms with Crippen LogP contribution in [0.25, 0.3) is 0 Å². The van der Waals surface area contributed by atoms with Gasteiger partial charge < -0.3 is 10.5 Å². The second-order valence-electron chi connectivity index (χ2n) is 5.15. The zero-order valence-corrected chi connectivity index (χ0v) is 9.46. The van der Waals surface area contributed by atoms with E-state index in [-0.39, 0.29) is 5.54 Å². The predicted molar refractivity (Wildman–Crippen MR) is 58.1 cm³/mol. The van der Waals surface area contributed by atoms with Crippen molar-refractivity contribution in [3.05, 3.63) is 0 Å². The van der Waals surface area contributed by atoms with Crippen LogP contribution in [0.3, 0.4) is 0 Å². The first-order valence-electron chi connectivity index (χ1n) is 6.12. The van der Waals surface area contributed by atoms with E-state index in [0.29, 0.717) is 12.2 Å². The van der Waals surface area contributed by atoms with Gasteiger partial charge in [-0.15, -0.1) is 0 Å². The molecule has 0 aromatic heterocycles. The van der Waals surface area contributed by atoms with Gasteiger partial charge >= 0.3 is 0 Å². The van der Waals surface area contributed by atoms with Crippen molar-refractivity contribution in [2.75, 3.05) is 0 Å².